The summed E-state index contributed by atoms with van der Waals surface area (Å²) in [6.07, 6.45) is 3.75. The predicted molar refractivity (Wildman–Crippen MR) is 215 cm³/mol. The summed E-state index contributed by atoms with van der Waals surface area (Å²) in [6, 6.07) is 20.6. The number of likely N-dealkylation sites (tertiary alicyclic amines) is 1. The SMILES string of the molecule is CC(Oc1nc2ccc(-c3ccc(S(C)(=O)=O)cc3)nc2s1)C1CCN(C(=O)OC(C)(C)C)CC1.CS(=O)(=O)c1ccc(-c2ccc3[nH]c(=O)sc3n2)cc1. The second-order valence-corrected chi connectivity index (χ2v) is 20.2. The van der Waals surface area contributed by atoms with E-state index in [9.17, 15) is 26.4 Å². The van der Waals surface area contributed by atoms with Crippen LogP contribution in [0, 0.1) is 5.92 Å². The minimum atomic E-state index is -3.24. The van der Waals surface area contributed by atoms with Gasteiger partial charge in [0.2, 0.25) is 0 Å². The van der Waals surface area contributed by atoms with Gasteiger partial charge in [-0.05, 0) is 95.0 Å². The molecule has 5 heterocycles. The summed E-state index contributed by atoms with van der Waals surface area (Å²) in [6.45, 7) is 8.96. The first kappa shape index (κ1) is 40.0. The zero-order chi connectivity index (χ0) is 39.7. The molecule has 6 aromatic rings. The number of hydrogen-bond donors (Lipinski definition) is 1. The van der Waals surface area contributed by atoms with Crippen molar-refractivity contribution < 1.29 is 31.1 Å². The molecule has 13 nitrogen and oxygen atoms in total. The van der Waals surface area contributed by atoms with E-state index in [1.54, 1.807) is 65.6 Å². The van der Waals surface area contributed by atoms with E-state index in [4.69, 9.17) is 14.5 Å². The fourth-order valence-corrected chi connectivity index (χ4v) is 8.73. The van der Waals surface area contributed by atoms with Crippen molar-refractivity contribution >= 4 is 69.1 Å². The van der Waals surface area contributed by atoms with Gasteiger partial charge in [0.15, 0.2) is 19.7 Å². The van der Waals surface area contributed by atoms with Crippen molar-refractivity contribution in [2.24, 2.45) is 5.92 Å². The maximum Gasteiger partial charge on any atom is 0.410 e. The number of rotatable bonds is 7. The fourth-order valence-electron chi connectivity index (χ4n) is 5.88. The van der Waals surface area contributed by atoms with Gasteiger partial charge in [0.05, 0.1) is 26.7 Å². The Morgan fingerprint density at radius 1 is 0.782 bits per heavy atom. The van der Waals surface area contributed by atoms with Crippen LogP contribution in [-0.4, -0.2) is 85.1 Å². The maximum absolute atomic E-state index is 12.3. The number of pyridine rings is 2. The summed E-state index contributed by atoms with van der Waals surface area (Å²) >= 11 is 2.44. The standard InChI is InChI=1S/C25H31N3O5S2.C13H10N2O3S2/c1-16(17-12-14-28(15-13-17)24(29)33-25(2,3)4)32-23-27-21-11-10-20(26-22(21)34-23)18-6-8-19(9-7-18)35(5,30)31;1-20(17,18)9-4-2-8(3-5-9)10-6-7-11-12(14-10)19-13(16)15-11/h6-11,16-17H,12-15H2,1-5H3;2-7H,1H3,(H,15,16). The lowest BCUT2D eigenvalue weighted by molar-refractivity contribution is 0.0121. The van der Waals surface area contributed by atoms with Gasteiger partial charge >= 0.3 is 11.0 Å². The van der Waals surface area contributed by atoms with Crippen LogP contribution in [0.3, 0.4) is 0 Å². The molecule has 0 saturated carbocycles. The van der Waals surface area contributed by atoms with Gasteiger partial charge in [0.1, 0.15) is 26.9 Å². The first-order chi connectivity index (χ1) is 25.8. The topological polar surface area (TPSA) is 179 Å². The highest BCUT2D eigenvalue weighted by Gasteiger charge is 2.30. The quantitative estimate of drug-likeness (QED) is 0.172. The molecule has 1 aliphatic heterocycles. The molecule has 0 aliphatic carbocycles. The Morgan fingerprint density at radius 2 is 1.31 bits per heavy atom. The molecule has 1 amide bonds. The molecule has 0 radical (unpaired) electrons. The van der Waals surface area contributed by atoms with E-state index in [0.717, 1.165) is 51.3 Å². The molecule has 4 aromatic heterocycles. The smallest absolute Gasteiger partial charge is 0.410 e. The predicted octanol–water partition coefficient (Wildman–Crippen LogP) is 7.23. The molecule has 1 fully saturated rings. The number of sulfone groups is 2. The molecular formula is C38H41N5O8S4. The highest BCUT2D eigenvalue weighted by molar-refractivity contribution is 7.91. The Kier molecular flexibility index (Phi) is 11.5. The second kappa shape index (κ2) is 15.8. The Labute approximate surface area is 327 Å². The molecule has 7 rings (SSSR count). The summed E-state index contributed by atoms with van der Waals surface area (Å²) in [5.41, 5.74) is 4.05. The zero-order valence-corrected chi connectivity index (χ0v) is 34.4. The van der Waals surface area contributed by atoms with Crippen molar-refractivity contribution in [3.8, 4) is 27.7 Å². The van der Waals surface area contributed by atoms with E-state index in [0.29, 0.717) is 40.2 Å². The van der Waals surface area contributed by atoms with Crippen LogP contribution in [0.4, 0.5) is 4.79 Å². The Morgan fingerprint density at radius 3 is 1.84 bits per heavy atom. The third-order valence-corrected chi connectivity index (χ3v) is 12.7. The largest absolute Gasteiger partial charge is 0.467 e. The van der Waals surface area contributed by atoms with Gasteiger partial charge in [-0.2, -0.15) is 0 Å². The van der Waals surface area contributed by atoms with Crippen LogP contribution in [0.5, 0.6) is 5.19 Å². The van der Waals surface area contributed by atoms with Gasteiger partial charge in [0.25, 0.3) is 5.19 Å². The number of amides is 1. The highest BCUT2D eigenvalue weighted by atomic mass is 32.2. The van der Waals surface area contributed by atoms with E-state index >= 15 is 0 Å². The number of carbonyl (C=O) groups excluding carboxylic acids is 1. The average molecular weight is 824 g/mol. The van der Waals surface area contributed by atoms with Crippen LogP contribution in [0.25, 0.3) is 43.2 Å². The van der Waals surface area contributed by atoms with Crippen molar-refractivity contribution in [3.63, 3.8) is 0 Å². The number of piperidine rings is 1. The zero-order valence-electron chi connectivity index (χ0n) is 31.1. The summed E-state index contributed by atoms with van der Waals surface area (Å²) in [4.78, 5) is 43.5. The lowest BCUT2D eigenvalue weighted by Gasteiger charge is -2.35. The summed E-state index contributed by atoms with van der Waals surface area (Å²) in [5.74, 6) is 0.317. The molecule has 1 unspecified atom stereocenters. The van der Waals surface area contributed by atoms with Gasteiger partial charge in [-0.15, -0.1) is 0 Å². The van der Waals surface area contributed by atoms with Gasteiger partial charge in [-0.3, -0.25) is 4.79 Å². The van der Waals surface area contributed by atoms with E-state index < -0.39 is 25.3 Å². The number of H-pyrrole nitrogens is 1. The number of benzene rings is 2. The number of carbonyl (C=O) groups is 1. The Hall–Kier alpha value is -4.71. The maximum atomic E-state index is 12.3. The molecule has 2 aromatic carbocycles. The third kappa shape index (κ3) is 10.1. The summed E-state index contributed by atoms with van der Waals surface area (Å²) in [5, 5.41) is 0.569. The molecule has 1 saturated heterocycles. The second-order valence-electron chi connectivity index (χ2n) is 14.3. The minimum Gasteiger partial charge on any atom is -0.467 e. The number of fused-ring (bicyclic) bond motifs is 2. The summed E-state index contributed by atoms with van der Waals surface area (Å²) < 4.78 is 57.9. The first-order valence-electron chi connectivity index (χ1n) is 17.4. The molecule has 1 aliphatic rings. The fraction of sp³-hybridized carbons (Fsp3) is 0.342. The lowest BCUT2D eigenvalue weighted by atomic mass is 9.92. The van der Waals surface area contributed by atoms with Gasteiger partial charge in [-0.25, -0.2) is 36.6 Å². The number of thiazole rings is 2. The van der Waals surface area contributed by atoms with Crippen LogP contribution in [0.1, 0.15) is 40.5 Å². The average Bonchev–Trinajstić information content (AvgIpc) is 3.71. The number of aromatic nitrogens is 4. The van der Waals surface area contributed by atoms with E-state index in [1.807, 2.05) is 39.8 Å². The van der Waals surface area contributed by atoms with Crippen LogP contribution in [0.15, 0.2) is 87.4 Å². The van der Waals surface area contributed by atoms with Gasteiger partial charge in [0, 0.05) is 36.7 Å². The van der Waals surface area contributed by atoms with Crippen LogP contribution < -0.4 is 9.61 Å². The molecule has 1 N–H and O–H groups in total. The van der Waals surface area contributed by atoms with Crippen molar-refractivity contribution in [2.45, 2.75) is 62.0 Å². The molecule has 17 heteroatoms. The van der Waals surface area contributed by atoms with Gasteiger partial charge < -0.3 is 19.4 Å². The molecule has 0 bridgehead atoms. The number of nitrogens with zero attached hydrogens (tertiary/aromatic N) is 4. The monoisotopic (exact) mass is 823 g/mol. The first-order valence-corrected chi connectivity index (χ1v) is 22.8. The van der Waals surface area contributed by atoms with Crippen LogP contribution >= 0.6 is 22.7 Å². The number of ether oxygens (including phenoxy) is 2. The lowest BCUT2D eigenvalue weighted by Crippen LogP contribution is -2.44. The normalized spacial score (nSPS) is 14.7. The van der Waals surface area contributed by atoms with Gasteiger partial charge in [-0.1, -0.05) is 46.9 Å². The summed E-state index contributed by atoms with van der Waals surface area (Å²) in [7, 11) is -6.44. The Bertz CT molecular complexity index is 2600. The third-order valence-electron chi connectivity index (χ3n) is 8.82. The van der Waals surface area contributed by atoms with Crippen LogP contribution in [-0.2, 0) is 24.4 Å². The van der Waals surface area contributed by atoms with Crippen molar-refractivity contribution in [1.29, 1.82) is 0 Å². The number of aromatic amines is 1. The molecule has 0 spiro atoms. The van der Waals surface area contributed by atoms with Crippen molar-refractivity contribution in [3.05, 3.63) is 82.5 Å². The van der Waals surface area contributed by atoms with Crippen molar-refractivity contribution in [2.75, 3.05) is 25.6 Å². The minimum absolute atomic E-state index is 0.0423. The molecule has 1 atom stereocenters. The molecular weight excluding hydrogens is 783 g/mol. The van der Waals surface area contributed by atoms with Crippen molar-refractivity contribution in [1.82, 2.24) is 24.8 Å². The van der Waals surface area contributed by atoms with Crippen LogP contribution in [0.2, 0.25) is 0 Å². The molecule has 290 valence electrons. The van der Waals surface area contributed by atoms with E-state index in [2.05, 4.69) is 15.0 Å². The van der Waals surface area contributed by atoms with E-state index in [-0.39, 0.29) is 26.9 Å². The highest BCUT2D eigenvalue weighted by Crippen LogP contribution is 2.32. The molecule has 55 heavy (non-hydrogen) atoms. The number of hydrogen-bond acceptors (Lipinski definition) is 13. The van der Waals surface area contributed by atoms with E-state index in [1.165, 1.54) is 23.8 Å². The number of nitrogens with one attached hydrogen (secondary N) is 1. The Balaban J connectivity index is 0.000000217.